The molecule has 2 nitrogen and oxygen atoms in total. The molecule has 2 bridgehead atoms. The van der Waals surface area contributed by atoms with E-state index in [0.29, 0.717) is 0 Å². The Morgan fingerprint density at radius 2 is 2.00 bits per heavy atom. The van der Waals surface area contributed by atoms with Crippen LogP contribution in [0.15, 0.2) is 0 Å². The zero-order valence-electron chi connectivity index (χ0n) is 11.3. The number of nitrogens with one attached hydrogen (secondary N) is 1. The van der Waals surface area contributed by atoms with Gasteiger partial charge in [0.05, 0.1) is 0 Å². The Morgan fingerprint density at radius 1 is 1.06 bits per heavy atom. The number of nitrogens with zero attached hydrogens (tertiary/aromatic N) is 1. The fourth-order valence-corrected chi connectivity index (χ4v) is 4.39. The maximum absolute atomic E-state index is 4.01. The molecule has 0 aromatic rings. The molecule has 17 heavy (non-hydrogen) atoms. The largest absolute Gasteiger partial charge is 0.311 e. The molecule has 0 amide bonds. The Kier molecular flexibility index (Phi) is 3.72. The maximum atomic E-state index is 4.01. The number of hydrogen-bond donors (Lipinski definition) is 1. The van der Waals surface area contributed by atoms with E-state index in [-0.39, 0.29) is 0 Å². The molecule has 3 fully saturated rings. The summed E-state index contributed by atoms with van der Waals surface area (Å²) in [6.45, 7) is 6.17. The van der Waals surface area contributed by atoms with Gasteiger partial charge < -0.3 is 10.2 Å². The molecule has 4 atom stereocenters. The molecule has 3 rings (SSSR count). The van der Waals surface area contributed by atoms with Gasteiger partial charge in [0, 0.05) is 12.1 Å². The zero-order chi connectivity index (χ0) is 11.7. The highest BCUT2D eigenvalue weighted by molar-refractivity contribution is 4.95. The number of fused-ring (bicyclic) bond motifs is 2. The van der Waals surface area contributed by atoms with Crippen molar-refractivity contribution >= 4 is 0 Å². The molecule has 2 saturated carbocycles. The minimum Gasteiger partial charge on any atom is -0.311 e. The van der Waals surface area contributed by atoms with E-state index in [0.717, 1.165) is 23.9 Å². The van der Waals surface area contributed by atoms with E-state index in [1.165, 1.54) is 64.6 Å². The van der Waals surface area contributed by atoms with Crippen molar-refractivity contribution < 1.29 is 0 Å². The highest BCUT2D eigenvalue weighted by Gasteiger charge is 2.40. The summed E-state index contributed by atoms with van der Waals surface area (Å²) in [4.78, 5) is 2.61. The van der Waals surface area contributed by atoms with E-state index in [4.69, 9.17) is 0 Å². The molecule has 1 saturated heterocycles. The molecule has 0 aromatic heterocycles. The lowest BCUT2D eigenvalue weighted by atomic mass is 9.94. The van der Waals surface area contributed by atoms with Gasteiger partial charge in [-0.1, -0.05) is 13.3 Å². The second-order valence-corrected chi connectivity index (χ2v) is 6.51. The van der Waals surface area contributed by atoms with Gasteiger partial charge in [-0.05, 0) is 70.0 Å². The molecule has 2 aliphatic carbocycles. The number of likely N-dealkylation sites (tertiary alicyclic amines) is 1. The van der Waals surface area contributed by atoms with Crippen molar-refractivity contribution in [2.24, 2.45) is 11.8 Å². The van der Waals surface area contributed by atoms with Gasteiger partial charge in [0.15, 0.2) is 0 Å². The van der Waals surface area contributed by atoms with Crippen LogP contribution in [-0.2, 0) is 0 Å². The monoisotopic (exact) mass is 236 g/mol. The highest BCUT2D eigenvalue weighted by atomic mass is 15.1. The van der Waals surface area contributed by atoms with Crippen LogP contribution in [0.1, 0.15) is 51.9 Å². The minimum atomic E-state index is 0.816. The van der Waals surface area contributed by atoms with Crippen molar-refractivity contribution in [3.8, 4) is 0 Å². The topological polar surface area (TPSA) is 15.3 Å². The fraction of sp³-hybridized carbons (Fsp3) is 1.00. The molecular weight excluding hydrogens is 208 g/mol. The Labute approximate surface area is 106 Å². The Bertz CT molecular complexity index is 253. The van der Waals surface area contributed by atoms with Gasteiger partial charge in [-0.25, -0.2) is 0 Å². The average Bonchev–Trinajstić information content (AvgIpc) is 2.87. The summed E-state index contributed by atoms with van der Waals surface area (Å²) < 4.78 is 0. The van der Waals surface area contributed by atoms with Crippen LogP contribution in [0.25, 0.3) is 0 Å². The third-order valence-electron chi connectivity index (χ3n) is 5.46. The van der Waals surface area contributed by atoms with Crippen molar-refractivity contribution in [2.75, 3.05) is 19.6 Å². The summed E-state index contributed by atoms with van der Waals surface area (Å²) in [6, 6.07) is 1.70. The van der Waals surface area contributed by atoms with Crippen LogP contribution in [0.2, 0.25) is 0 Å². The first-order valence-corrected chi connectivity index (χ1v) is 7.83. The Hall–Kier alpha value is -0.0800. The van der Waals surface area contributed by atoms with E-state index in [1.54, 1.807) is 0 Å². The molecule has 1 aliphatic heterocycles. The van der Waals surface area contributed by atoms with E-state index < -0.39 is 0 Å². The van der Waals surface area contributed by atoms with Gasteiger partial charge in [-0.15, -0.1) is 0 Å². The highest BCUT2D eigenvalue weighted by Crippen LogP contribution is 2.44. The lowest BCUT2D eigenvalue weighted by molar-refractivity contribution is 0.282. The van der Waals surface area contributed by atoms with E-state index >= 15 is 0 Å². The first-order chi connectivity index (χ1) is 8.35. The average molecular weight is 236 g/mol. The van der Waals surface area contributed by atoms with Crippen LogP contribution in [0.3, 0.4) is 0 Å². The van der Waals surface area contributed by atoms with Gasteiger partial charge in [0.25, 0.3) is 0 Å². The number of rotatable bonds is 3. The minimum absolute atomic E-state index is 0.816. The van der Waals surface area contributed by atoms with Crippen LogP contribution in [-0.4, -0.2) is 36.6 Å². The molecule has 4 unspecified atom stereocenters. The molecule has 0 aromatic carbocycles. The summed E-state index contributed by atoms with van der Waals surface area (Å²) in [5.41, 5.74) is 0. The summed E-state index contributed by atoms with van der Waals surface area (Å²) in [6.07, 6.45) is 10.2. The second kappa shape index (κ2) is 5.27. The normalized spacial score (nSPS) is 42.9. The summed E-state index contributed by atoms with van der Waals surface area (Å²) >= 11 is 0. The third kappa shape index (κ3) is 2.68. The SMILES string of the molecule is CCN1CCCC(NC2CC3CCC2C3)CC1. The molecular formula is C15H28N2. The first-order valence-electron chi connectivity index (χ1n) is 7.83. The third-order valence-corrected chi connectivity index (χ3v) is 5.46. The van der Waals surface area contributed by atoms with Gasteiger partial charge in [0.1, 0.15) is 0 Å². The molecule has 2 heteroatoms. The van der Waals surface area contributed by atoms with Gasteiger partial charge in [-0.3, -0.25) is 0 Å². The van der Waals surface area contributed by atoms with E-state index in [9.17, 15) is 0 Å². The standard InChI is InChI=1S/C15H28N2/c1-2-17-8-3-4-14(7-9-17)16-15-11-12-5-6-13(15)10-12/h12-16H,2-11H2,1H3. The number of hydrogen-bond acceptors (Lipinski definition) is 2. The molecule has 3 aliphatic rings. The molecule has 1 heterocycles. The predicted octanol–water partition coefficient (Wildman–Crippen LogP) is 2.64. The molecule has 98 valence electrons. The molecule has 1 N–H and O–H groups in total. The van der Waals surface area contributed by atoms with Crippen LogP contribution in [0, 0.1) is 11.8 Å². The molecule has 0 spiro atoms. The Balaban J connectivity index is 1.48. The summed E-state index contributed by atoms with van der Waals surface area (Å²) in [5.74, 6) is 2.11. The molecule has 0 radical (unpaired) electrons. The lowest BCUT2D eigenvalue weighted by Gasteiger charge is -2.28. The van der Waals surface area contributed by atoms with Crippen LogP contribution in [0.5, 0.6) is 0 Å². The quantitative estimate of drug-likeness (QED) is 0.810. The van der Waals surface area contributed by atoms with E-state index in [2.05, 4.69) is 17.1 Å². The van der Waals surface area contributed by atoms with Gasteiger partial charge in [0.2, 0.25) is 0 Å². The summed E-state index contributed by atoms with van der Waals surface area (Å²) in [5, 5.41) is 4.01. The summed E-state index contributed by atoms with van der Waals surface area (Å²) in [7, 11) is 0. The maximum Gasteiger partial charge on any atom is 0.0101 e. The lowest BCUT2D eigenvalue weighted by Crippen LogP contribution is -2.41. The van der Waals surface area contributed by atoms with Crippen molar-refractivity contribution in [1.82, 2.24) is 10.2 Å². The van der Waals surface area contributed by atoms with Crippen LogP contribution >= 0.6 is 0 Å². The first kappa shape index (κ1) is 12.0. The van der Waals surface area contributed by atoms with Crippen molar-refractivity contribution in [1.29, 1.82) is 0 Å². The Morgan fingerprint density at radius 3 is 2.71 bits per heavy atom. The second-order valence-electron chi connectivity index (χ2n) is 6.51. The van der Waals surface area contributed by atoms with Crippen molar-refractivity contribution in [3.63, 3.8) is 0 Å². The van der Waals surface area contributed by atoms with E-state index in [1.807, 2.05) is 0 Å². The van der Waals surface area contributed by atoms with Crippen LogP contribution in [0.4, 0.5) is 0 Å². The predicted molar refractivity (Wildman–Crippen MR) is 72.1 cm³/mol. The smallest absolute Gasteiger partial charge is 0.0101 e. The van der Waals surface area contributed by atoms with Crippen molar-refractivity contribution in [2.45, 2.75) is 64.0 Å². The fourth-order valence-electron chi connectivity index (χ4n) is 4.39. The zero-order valence-corrected chi connectivity index (χ0v) is 11.3. The van der Waals surface area contributed by atoms with Crippen LogP contribution < -0.4 is 5.32 Å². The van der Waals surface area contributed by atoms with Crippen molar-refractivity contribution in [3.05, 3.63) is 0 Å². The van der Waals surface area contributed by atoms with Gasteiger partial charge >= 0.3 is 0 Å². The van der Waals surface area contributed by atoms with Gasteiger partial charge in [-0.2, -0.15) is 0 Å².